The standard InChI is InChI=1S/C13H20N2O.ClH/c1-10(2)16-13-6-4-3-5-11(13)12-9-14-7-8-15-12;/h3-6,10,12,14-15H,7-9H2,1-2H3;1H/t12-;/m1./s1. The minimum atomic E-state index is 0. The molecule has 4 heteroatoms. The van der Waals surface area contributed by atoms with E-state index in [1.54, 1.807) is 0 Å². The quantitative estimate of drug-likeness (QED) is 0.869. The zero-order chi connectivity index (χ0) is 11.4. The molecule has 1 heterocycles. The van der Waals surface area contributed by atoms with Crippen LogP contribution in [0.4, 0.5) is 0 Å². The van der Waals surface area contributed by atoms with Crippen molar-refractivity contribution in [1.29, 1.82) is 0 Å². The van der Waals surface area contributed by atoms with Crippen molar-refractivity contribution in [3.8, 4) is 5.75 Å². The van der Waals surface area contributed by atoms with E-state index in [1.165, 1.54) is 5.56 Å². The molecule has 1 fully saturated rings. The normalized spacial score (nSPS) is 19.8. The van der Waals surface area contributed by atoms with Crippen molar-refractivity contribution >= 4 is 12.4 Å². The fraction of sp³-hybridized carbons (Fsp3) is 0.538. The van der Waals surface area contributed by atoms with Gasteiger partial charge in [0.15, 0.2) is 0 Å². The summed E-state index contributed by atoms with van der Waals surface area (Å²) in [5.74, 6) is 0.999. The second-order valence-electron chi connectivity index (χ2n) is 4.42. The second kappa shape index (κ2) is 6.84. The molecule has 3 nitrogen and oxygen atoms in total. The van der Waals surface area contributed by atoms with Crippen molar-refractivity contribution in [2.24, 2.45) is 0 Å². The zero-order valence-corrected chi connectivity index (χ0v) is 11.2. The van der Waals surface area contributed by atoms with Gasteiger partial charge in [0, 0.05) is 31.2 Å². The fourth-order valence-electron chi connectivity index (χ4n) is 2.00. The van der Waals surface area contributed by atoms with Crippen LogP contribution in [0.15, 0.2) is 24.3 Å². The Morgan fingerprint density at radius 1 is 1.24 bits per heavy atom. The highest BCUT2D eigenvalue weighted by Crippen LogP contribution is 2.26. The van der Waals surface area contributed by atoms with E-state index in [9.17, 15) is 0 Å². The van der Waals surface area contributed by atoms with Crippen molar-refractivity contribution < 1.29 is 4.74 Å². The molecule has 1 aliphatic rings. The minimum absolute atomic E-state index is 0. The summed E-state index contributed by atoms with van der Waals surface area (Å²) in [7, 11) is 0. The molecular weight excluding hydrogens is 236 g/mol. The first-order valence-corrected chi connectivity index (χ1v) is 5.97. The van der Waals surface area contributed by atoms with E-state index < -0.39 is 0 Å². The molecule has 1 aliphatic heterocycles. The summed E-state index contributed by atoms with van der Waals surface area (Å²) in [6.45, 7) is 7.15. The number of piperazine rings is 1. The SMILES string of the molecule is CC(C)Oc1ccccc1[C@H]1CNCCN1.Cl. The molecule has 0 aromatic heterocycles. The molecular formula is C13H21ClN2O. The largest absolute Gasteiger partial charge is 0.491 e. The average molecular weight is 257 g/mol. The number of hydrogen-bond donors (Lipinski definition) is 2. The lowest BCUT2D eigenvalue weighted by atomic mass is 10.0. The van der Waals surface area contributed by atoms with Gasteiger partial charge in [0.2, 0.25) is 0 Å². The van der Waals surface area contributed by atoms with Crippen molar-refractivity contribution in [1.82, 2.24) is 10.6 Å². The van der Waals surface area contributed by atoms with Gasteiger partial charge in [-0.05, 0) is 19.9 Å². The second-order valence-corrected chi connectivity index (χ2v) is 4.42. The van der Waals surface area contributed by atoms with Gasteiger partial charge in [0.25, 0.3) is 0 Å². The maximum atomic E-state index is 5.83. The molecule has 0 radical (unpaired) electrons. The summed E-state index contributed by atoms with van der Waals surface area (Å²) in [6.07, 6.45) is 0.220. The lowest BCUT2D eigenvalue weighted by Gasteiger charge is -2.27. The maximum Gasteiger partial charge on any atom is 0.124 e. The Labute approximate surface area is 109 Å². The van der Waals surface area contributed by atoms with Crippen LogP contribution in [0.2, 0.25) is 0 Å². The summed E-state index contributed by atoms with van der Waals surface area (Å²) < 4.78 is 5.83. The summed E-state index contributed by atoms with van der Waals surface area (Å²) in [6, 6.07) is 8.65. The first-order chi connectivity index (χ1) is 7.77. The third-order valence-corrected chi connectivity index (χ3v) is 2.70. The Morgan fingerprint density at radius 3 is 2.65 bits per heavy atom. The molecule has 0 amide bonds. The van der Waals surface area contributed by atoms with E-state index in [4.69, 9.17) is 4.74 Å². The Bertz CT molecular complexity index is 338. The smallest absolute Gasteiger partial charge is 0.124 e. The van der Waals surface area contributed by atoms with Gasteiger partial charge in [0.1, 0.15) is 5.75 Å². The monoisotopic (exact) mass is 256 g/mol. The molecule has 1 aromatic rings. The van der Waals surface area contributed by atoms with Gasteiger partial charge in [-0.2, -0.15) is 0 Å². The van der Waals surface area contributed by atoms with Crippen LogP contribution in [0.5, 0.6) is 5.75 Å². The number of halogens is 1. The van der Waals surface area contributed by atoms with Gasteiger partial charge in [0.05, 0.1) is 6.10 Å². The van der Waals surface area contributed by atoms with Gasteiger partial charge in [-0.15, -0.1) is 12.4 Å². The molecule has 1 aromatic carbocycles. The molecule has 2 rings (SSSR count). The summed E-state index contributed by atoms with van der Waals surface area (Å²) >= 11 is 0. The highest BCUT2D eigenvalue weighted by Gasteiger charge is 2.18. The van der Waals surface area contributed by atoms with E-state index in [0.717, 1.165) is 25.4 Å². The maximum absolute atomic E-state index is 5.83. The summed E-state index contributed by atoms with van der Waals surface area (Å²) in [5, 5.41) is 6.90. The number of benzene rings is 1. The van der Waals surface area contributed by atoms with Gasteiger partial charge in [-0.3, -0.25) is 0 Å². The van der Waals surface area contributed by atoms with Crippen LogP contribution in [0.1, 0.15) is 25.5 Å². The first kappa shape index (κ1) is 14.3. The predicted molar refractivity (Wildman–Crippen MR) is 73.1 cm³/mol. The third-order valence-electron chi connectivity index (χ3n) is 2.70. The van der Waals surface area contributed by atoms with Gasteiger partial charge < -0.3 is 15.4 Å². The van der Waals surface area contributed by atoms with Crippen molar-refractivity contribution in [2.45, 2.75) is 26.0 Å². The van der Waals surface area contributed by atoms with Crippen LogP contribution >= 0.6 is 12.4 Å². The number of ether oxygens (including phenoxy) is 1. The molecule has 0 saturated carbocycles. The minimum Gasteiger partial charge on any atom is -0.491 e. The summed E-state index contributed by atoms with van der Waals surface area (Å²) in [5.41, 5.74) is 1.25. The molecule has 0 bridgehead atoms. The molecule has 0 aliphatic carbocycles. The molecule has 0 unspecified atom stereocenters. The molecule has 17 heavy (non-hydrogen) atoms. The predicted octanol–water partition coefficient (Wildman–Crippen LogP) is 2.13. The number of nitrogens with one attached hydrogen (secondary N) is 2. The Hall–Kier alpha value is -0.770. The number of hydrogen-bond acceptors (Lipinski definition) is 3. The van der Waals surface area contributed by atoms with Crippen molar-refractivity contribution in [3.63, 3.8) is 0 Å². The van der Waals surface area contributed by atoms with Crippen LogP contribution in [0.3, 0.4) is 0 Å². The van der Waals surface area contributed by atoms with Crippen LogP contribution < -0.4 is 15.4 Å². The molecule has 96 valence electrons. The number of rotatable bonds is 3. The third kappa shape index (κ3) is 3.87. The van der Waals surface area contributed by atoms with E-state index in [0.29, 0.717) is 6.04 Å². The topological polar surface area (TPSA) is 33.3 Å². The molecule has 1 atom stereocenters. The number of para-hydroxylation sites is 1. The van der Waals surface area contributed by atoms with E-state index in [2.05, 4.69) is 36.6 Å². The van der Waals surface area contributed by atoms with Crippen LogP contribution in [-0.4, -0.2) is 25.7 Å². The van der Waals surface area contributed by atoms with Crippen molar-refractivity contribution in [3.05, 3.63) is 29.8 Å². The van der Waals surface area contributed by atoms with Gasteiger partial charge in [-0.25, -0.2) is 0 Å². The Morgan fingerprint density at radius 2 is 2.00 bits per heavy atom. The Kier molecular flexibility index (Phi) is 5.75. The lowest BCUT2D eigenvalue weighted by Crippen LogP contribution is -2.42. The summed E-state index contributed by atoms with van der Waals surface area (Å²) in [4.78, 5) is 0. The molecule has 2 N–H and O–H groups in total. The van der Waals surface area contributed by atoms with Crippen LogP contribution in [0, 0.1) is 0 Å². The van der Waals surface area contributed by atoms with E-state index in [-0.39, 0.29) is 18.5 Å². The van der Waals surface area contributed by atoms with E-state index >= 15 is 0 Å². The highest BCUT2D eigenvalue weighted by molar-refractivity contribution is 5.85. The first-order valence-electron chi connectivity index (χ1n) is 5.97. The van der Waals surface area contributed by atoms with Crippen molar-refractivity contribution in [2.75, 3.05) is 19.6 Å². The Balaban J connectivity index is 0.00000144. The van der Waals surface area contributed by atoms with E-state index in [1.807, 2.05) is 12.1 Å². The van der Waals surface area contributed by atoms with Gasteiger partial charge in [-0.1, -0.05) is 18.2 Å². The van der Waals surface area contributed by atoms with Crippen LogP contribution in [0.25, 0.3) is 0 Å². The van der Waals surface area contributed by atoms with Crippen LogP contribution in [-0.2, 0) is 0 Å². The molecule has 1 saturated heterocycles. The fourth-order valence-corrected chi connectivity index (χ4v) is 2.00. The zero-order valence-electron chi connectivity index (χ0n) is 10.4. The lowest BCUT2D eigenvalue weighted by molar-refractivity contribution is 0.236. The average Bonchev–Trinajstić information content (AvgIpc) is 2.30. The highest BCUT2D eigenvalue weighted by atomic mass is 35.5. The molecule has 0 spiro atoms. The van der Waals surface area contributed by atoms with Gasteiger partial charge >= 0.3 is 0 Å².